The first-order chi connectivity index (χ1) is 12.1. The molecule has 1 heterocycles. The predicted octanol–water partition coefficient (Wildman–Crippen LogP) is 3.26. The lowest BCUT2D eigenvalue weighted by molar-refractivity contribution is -0.142. The summed E-state index contributed by atoms with van der Waals surface area (Å²) in [6.45, 7) is -0.205. The number of carbonyl (C=O) groups is 2. The van der Waals surface area contributed by atoms with Crippen LogP contribution in [0.15, 0.2) is 48.5 Å². The monoisotopic (exact) mass is 359 g/mol. The largest absolute Gasteiger partial charge is 0.454 e. The van der Waals surface area contributed by atoms with Gasteiger partial charge in [-0.3, -0.25) is 4.79 Å². The summed E-state index contributed by atoms with van der Waals surface area (Å²) in [6.07, 6.45) is 2.81. The molecule has 0 bridgehead atoms. The van der Waals surface area contributed by atoms with Crippen molar-refractivity contribution in [3.05, 3.63) is 59.1 Å². The summed E-state index contributed by atoms with van der Waals surface area (Å²) < 4.78 is 15.4. The second-order valence-corrected chi connectivity index (χ2v) is 5.55. The Balaban J connectivity index is 1.48. The molecule has 0 fully saturated rings. The van der Waals surface area contributed by atoms with Crippen molar-refractivity contribution >= 4 is 35.2 Å². The van der Waals surface area contributed by atoms with Gasteiger partial charge >= 0.3 is 5.97 Å². The number of hydrogen-bond donors (Lipinski definition) is 1. The number of esters is 1. The molecule has 0 aromatic heterocycles. The molecule has 1 amide bonds. The van der Waals surface area contributed by atoms with E-state index in [9.17, 15) is 9.59 Å². The van der Waals surface area contributed by atoms with Crippen LogP contribution in [-0.4, -0.2) is 25.3 Å². The number of halogens is 1. The van der Waals surface area contributed by atoms with Crippen molar-refractivity contribution in [2.75, 3.05) is 18.7 Å². The number of nitrogens with one attached hydrogen (secondary N) is 1. The molecule has 0 saturated heterocycles. The van der Waals surface area contributed by atoms with Crippen molar-refractivity contribution < 1.29 is 23.8 Å². The van der Waals surface area contributed by atoms with Crippen LogP contribution in [0.1, 0.15) is 5.56 Å². The van der Waals surface area contributed by atoms with Crippen LogP contribution in [0.5, 0.6) is 11.5 Å². The second kappa shape index (κ2) is 7.72. The Bertz CT molecular complexity index is 834. The molecule has 0 radical (unpaired) electrons. The average Bonchev–Trinajstić information content (AvgIpc) is 3.06. The van der Waals surface area contributed by atoms with Gasteiger partial charge in [-0.1, -0.05) is 23.7 Å². The maximum atomic E-state index is 11.7. The number of amides is 1. The highest BCUT2D eigenvalue weighted by atomic mass is 35.5. The predicted molar refractivity (Wildman–Crippen MR) is 92.6 cm³/mol. The molecule has 6 nitrogen and oxygen atoms in total. The van der Waals surface area contributed by atoms with E-state index in [0.29, 0.717) is 22.2 Å². The first-order valence-corrected chi connectivity index (χ1v) is 7.78. The Hall–Kier alpha value is -2.99. The third-order valence-electron chi connectivity index (χ3n) is 3.26. The van der Waals surface area contributed by atoms with E-state index < -0.39 is 18.5 Å². The maximum absolute atomic E-state index is 11.7. The van der Waals surface area contributed by atoms with Gasteiger partial charge in [-0.2, -0.15) is 0 Å². The van der Waals surface area contributed by atoms with Crippen LogP contribution in [-0.2, 0) is 14.3 Å². The Kier molecular flexibility index (Phi) is 5.20. The van der Waals surface area contributed by atoms with Gasteiger partial charge in [0, 0.05) is 16.8 Å². The molecule has 3 rings (SSSR count). The topological polar surface area (TPSA) is 73.9 Å². The summed E-state index contributed by atoms with van der Waals surface area (Å²) in [5, 5.41) is 3.09. The first kappa shape index (κ1) is 16.9. The normalized spacial score (nSPS) is 12.2. The molecule has 1 aliphatic rings. The molecule has 128 valence electrons. The minimum atomic E-state index is -0.626. The van der Waals surface area contributed by atoms with E-state index in [1.54, 1.807) is 48.5 Å². The Morgan fingerprint density at radius 2 is 2.00 bits per heavy atom. The molecular formula is C18H14ClNO5. The first-order valence-electron chi connectivity index (χ1n) is 7.40. The number of hydrogen-bond acceptors (Lipinski definition) is 5. The third-order valence-corrected chi connectivity index (χ3v) is 3.50. The van der Waals surface area contributed by atoms with Gasteiger partial charge in [0.05, 0.1) is 0 Å². The van der Waals surface area contributed by atoms with E-state index in [4.69, 9.17) is 25.8 Å². The van der Waals surface area contributed by atoms with Gasteiger partial charge in [0.2, 0.25) is 6.79 Å². The van der Waals surface area contributed by atoms with Crippen molar-refractivity contribution in [2.24, 2.45) is 0 Å². The zero-order valence-electron chi connectivity index (χ0n) is 13.0. The molecule has 0 spiro atoms. The van der Waals surface area contributed by atoms with E-state index in [2.05, 4.69) is 5.32 Å². The molecule has 1 aliphatic heterocycles. The van der Waals surface area contributed by atoms with Gasteiger partial charge in [0.15, 0.2) is 18.1 Å². The highest BCUT2D eigenvalue weighted by molar-refractivity contribution is 6.30. The van der Waals surface area contributed by atoms with Crippen LogP contribution in [0.3, 0.4) is 0 Å². The summed E-state index contributed by atoms with van der Waals surface area (Å²) in [6, 6.07) is 12.0. The van der Waals surface area contributed by atoms with Crippen molar-refractivity contribution in [1.82, 2.24) is 0 Å². The summed E-state index contributed by atoms with van der Waals surface area (Å²) in [5.74, 6) is 0.208. The second-order valence-electron chi connectivity index (χ2n) is 5.11. The standard InChI is InChI=1S/C18H14ClNO5/c19-13-2-1-3-14(9-13)20-17(21)10-23-18(22)7-5-12-4-6-15-16(8-12)25-11-24-15/h1-9H,10-11H2,(H,20,21)/b7-5+. The molecule has 0 saturated carbocycles. The van der Waals surface area contributed by atoms with E-state index in [0.717, 1.165) is 5.56 Å². The lowest BCUT2D eigenvalue weighted by Gasteiger charge is -2.05. The van der Waals surface area contributed by atoms with E-state index >= 15 is 0 Å². The fourth-order valence-corrected chi connectivity index (χ4v) is 2.32. The number of anilines is 1. The van der Waals surface area contributed by atoms with Crippen LogP contribution in [0.4, 0.5) is 5.69 Å². The lowest BCUT2D eigenvalue weighted by atomic mass is 10.2. The molecule has 1 N–H and O–H groups in total. The summed E-state index contributed by atoms with van der Waals surface area (Å²) >= 11 is 5.83. The van der Waals surface area contributed by atoms with Crippen LogP contribution in [0, 0.1) is 0 Å². The van der Waals surface area contributed by atoms with Crippen LogP contribution in [0.25, 0.3) is 6.08 Å². The van der Waals surface area contributed by atoms with Gasteiger partial charge in [0.1, 0.15) is 0 Å². The summed E-state index contributed by atoms with van der Waals surface area (Å²) in [7, 11) is 0. The van der Waals surface area contributed by atoms with Gasteiger partial charge < -0.3 is 19.5 Å². The summed E-state index contributed by atoms with van der Waals surface area (Å²) in [4.78, 5) is 23.4. The zero-order chi connectivity index (χ0) is 17.6. The molecule has 0 atom stereocenters. The van der Waals surface area contributed by atoms with E-state index in [1.807, 2.05) is 0 Å². The quantitative estimate of drug-likeness (QED) is 0.655. The number of benzene rings is 2. The number of fused-ring (bicyclic) bond motifs is 1. The Labute approximate surface area is 148 Å². The fraction of sp³-hybridized carbons (Fsp3) is 0.111. The van der Waals surface area contributed by atoms with Crippen molar-refractivity contribution in [3.8, 4) is 11.5 Å². The maximum Gasteiger partial charge on any atom is 0.331 e. The molecule has 2 aromatic carbocycles. The minimum absolute atomic E-state index is 0.187. The van der Waals surface area contributed by atoms with E-state index in [1.165, 1.54) is 6.08 Å². The highest BCUT2D eigenvalue weighted by Gasteiger charge is 2.12. The molecule has 7 heteroatoms. The van der Waals surface area contributed by atoms with Crippen molar-refractivity contribution in [3.63, 3.8) is 0 Å². The molecule has 2 aromatic rings. The van der Waals surface area contributed by atoms with Gasteiger partial charge in [-0.05, 0) is 42.0 Å². The average molecular weight is 360 g/mol. The van der Waals surface area contributed by atoms with Gasteiger partial charge in [-0.15, -0.1) is 0 Å². The molecular weight excluding hydrogens is 346 g/mol. The highest BCUT2D eigenvalue weighted by Crippen LogP contribution is 2.32. The number of carbonyl (C=O) groups excluding carboxylic acids is 2. The number of rotatable bonds is 5. The molecule has 0 aliphatic carbocycles. The SMILES string of the molecule is O=C(COC(=O)/C=C/c1ccc2c(c1)OCO2)Nc1cccc(Cl)c1. The molecule has 25 heavy (non-hydrogen) atoms. The lowest BCUT2D eigenvalue weighted by Crippen LogP contribution is -2.20. The Morgan fingerprint density at radius 1 is 1.16 bits per heavy atom. The van der Waals surface area contributed by atoms with Gasteiger partial charge in [-0.25, -0.2) is 4.79 Å². The van der Waals surface area contributed by atoms with Crippen LogP contribution < -0.4 is 14.8 Å². The van der Waals surface area contributed by atoms with Crippen LogP contribution in [0.2, 0.25) is 5.02 Å². The minimum Gasteiger partial charge on any atom is -0.454 e. The van der Waals surface area contributed by atoms with Crippen LogP contribution >= 0.6 is 11.6 Å². The van der Waals surface area contributed by atoms with Gasteiger partial charge in [0.25, 0.3) is 5.91 Å². The summed E-state index contributed by atoms with van der Waals surface area (Å²) in [5.41, 5.74) is 1.29. The zero-order valence-corrected chi connectivity index (χ0v) is 13.8. The van der Waals surface area contributed by atoms with E-state index in [-0.39, 0.29) is 6.79 Å². The third kappa shape index (κ3) is 4.74. The van der Waals surface area contributed by atoms with Crippen molar-refractivity contribution in [2.45, 2.75) is 0 Å². The smallest absolute Gasteiger partial charge is 0.331 e. The molecule has 0 unspecified atom stereocenters. The fourth-order valence-electron chi connectivity index (χ4n) is 2.13. The number of ether oxygens (including phenoxy) is 3. The Morgan fingerprint density at radius 3 is 2.84 bits per heavy atom. The van der Waals surface area contributed by atoms with Crippen molar-refractivity contribution in [1.29, 1.82) is 0 Å².